The van der Waals surface area contributed by atoms with Crippen LogP contribution >= 0.6 is 11.8 Å². The fourth-order valence-corrected chi connectivity index (χ4v) is 3.99. The van der Waals surface area contributed by atoms with Gasteiger partial charge in [0.15, 0.2) is 0 Å². The molecule has 3 aromatic rings. The molecule has 0 aliphatic rings. The monoisotopic (exact) mass is 466 g/mol. The summed E-state index contributed by atoms with van der Waals surface area (Å²) in [6.45, 7) is 1.83. The van der Waals surface area contributed by atoms with E-state index in [0.717, 1.165) is 4.90 Å². The molecule has 0 radical (unpaired) electrons. The first kappa shape index (κ1) is 24.0. The Bertz CT molecular complexity index is 1100. The van der Waals surface area contributed by atoms with Crippen molar-refractivity contribution in [3.05, 3.63) is 72.3 Å². The number of amides is 2. The quantitative estimate of drug-likeness (QED) is 0.428. The lowest BCUT2D eigenvalue weighted by molar-refractivity contribution is -0.115. The van der Waals surface area contributed by atoms with Gasteiger partial charge in [0, 0.05) is 10.6 Å². The van der Waals surface area contributed by atoms with Gasteiger partial charge < -0.3 is 24.8 Å². The van der Waals surface area contributed by atoms with Crippen molar-refractivity contribution < 1.29 is 23.8 Å². The smallest absolute Gasteiger partial charge is 0.263 e. The van der Waals surface area contributed by atoms with Crippen LogP contribution in [0.15, 0.2) is 71.6 Å². The second-order valence-electron chi connectivity index (χ2n) is 6.97. The van der Waals surface area contributed by atoms with E-state index < -0.39 is 0 Å². The zero-order valence-corrected chi connectivity index (χ0v) is 19.7. The molecule has 7 nitrogen and oxygen atoms in total. The van der Waals surface area contributed by atoms with Gasteiger partial charge in [-0.15, -0.1) is 11.8 Å². The van der Waals surface area contributed by atoms with Gasteiger partial charge in [-0.25, -0.2) is 0 Å². The molecule has 1 unspecified atom stereocenters. The number of para-hydroxylation sites is 2. The van der Waals surface area contributed by atoms with Gasteiger partial charge >= 0.3 is 0 Å². The molecule has 0 aliphatic heterocycles. The predicted octanol–water partition coefficient (Wildman–Crippen LogP) is 5.08. The molecule has 0 bridgehead atoms. The standard InChI is InChI=1S/C25H26N2O5S/c1-16(24(28)27-19-8-5-6-9-20(19)30-2)33-18-14-12-17(13-15-18)26-25(29)23-21(31-3)10-7-11-22(23)32-4/h5-16H,1-4H3,(H,26,29)(H,27,28). The van der Waals surface area contributed by atoms with Crippen molar-refractivity contribution in [3.63, 3.8) is 0 Å². The lowest BCUT2D eigenvalue weighted by Gasteiger charge is -2.15. The Morgan fingerprint density at radius 2 is 1.33 bits per heavy atom. The average Bonchev–Trinajstić information content (AvgIpc) is 2.84. The van der Waals surface area contributed by atoms with Gasteiger partial charge in [0.05, 0.1) is 32.3 Å². The largest absolute Gasteiger partial charge is 0.496 e. The maximum Gasteiger partial charge on any atom is 0.263 e. The molecule has 2 N–H and O–H groups in total. The minimum absolute atomic E-state index is 0.134. The maximum absolute atomic E-state index is 12.8. The summed E-state index contributed by atoms with van der Waals surface area (Å²) in [5.41, 5.74) is 1.56. The van der Waals surface area contributed by atoms with Crippen LogP contribution in [0.4, 0.5) is 11.4 Å². The van der Waals surface area contributed by atoms with Crippen LogP contribution in [0, 0.1) is 0 Å². The zero-order chi connectivity index (χ0) is 23.8. The van der Waals surface area contributed by atoms with Crippen molar-refractivity contribution in [1.29, 1.82) is 0 Å². The highest BCUT2D eigenvalue weighted by Gasteiger charge is 2.19. The molecule has 3 aromatic carbocycles. The molecular formula is C25H26N2O5S. The maximum atomic E-state index is 12.8. The Balaban J connectivity index is 1.63. The lowest BCUT2D eigenvalue weighted by atomic mass is 10.1. The fourth-order valence-electron chi connectivity index (χ4n) is 3.13. The van der Waals surface area contributed by atoms with Gasteiger partial charge in [-0.05, 0) is 55.5 Å². The van der Waals surface area contributed by atoms with Crippen LogP contribution in [-0.4, -0.2) is 38.4 Å². The topological polar surface area (TPSA) is 85.9 Å². The number of anilines is 2. The van der Waals surface area contributed by atoms with Crippen LogP contribution in [0.2, 0.25) is 0 Å². The third kappa shape index (κ3) is 5.98. The van der Waals surface area contributed by atoms with E-state index in [1.807, 2.05) is 31.2 Å². The second-order valence-corrected chi connectivity index (χ2v) is 8.38. The van der Waals surface area contributed by atoms with Crippen LogP contribution in [0.25, 0.3) is 0 Å². The van der Waals surface area contributed by atoms with Crippen LogP contribution in [0.3, 0.4) is 0 Å². The summed E-state index contributed by atoms with van der Waals surface area (Å²) in [6.07, 6.45) is 0. The molecule has 0 saturated heterocycles. The molecule has 0 spiro atoms. The molecule has 3 rings (SSSR count). The first-order valence-corrected chi connectivity index (χ1v) is 11.1. The summed E-state index contributed by atoms with van der Waals surface area (Å²) >= 11 is 1.41. The molecular weight excluding hydrogens is 440 g/mol. The minimum Gasteiger partial charge on any atom is -0.496 e. The SMILES string of the molecule is COc1ccccc1NC(=O)C(C)Sc1ccc(NC(=O)c2c(OC)cccc2OC)cc1. The molecule has 0 aliphatic carbocycles. The van der Waals surface area contributed by atoms with Crippen molar-refractivity contribution in [2.75, 3.05) is 32.0 Å². The summed E-state index contributed by atoms with van der Waals surface area (Å²) in [7, 11) is 4.57. The highest BCUT2D eigenvalue weighted by molar-refractivity contribution is 8.00. The Labute approximate surface area is 197 Å². The van der Waals surface area contributed by atoms with Gasteiger partial charge in [-0.2, -0.15) is 0 Å². The van der Waals surface area contributed by atoms with E-state index in [1.54, 1.807) is 49.6 Å². The van der Waals surface area contributed by atoms with Gasteiger partial charge in [0.25, 0.3) is 5.91 Å². The Morgan fingerprint density at radius 1 is 0.758 bits per heavy atom. The van der Waals surface area contributed by atoms with E-state index in [1.165, 1.54) is 26.0 Å². The fraction of sp³-hybridized carbons (Fsp3) is 0.200. The van der Waals surface area contributed by atoms with Crippen LogP contribution in [0.1, 0.15) is 17.3 Å². The van der Waals surface area contributed by atoms with Gasteiger partial charge in [-0.1, -0.05) is 18.2 Å². The lowest BCUT2D eigenvalue weighted by Crippen LogP contribution is -2.22. The molecule has 0 fully saturated rings. The number of hydrogen-bond acceptors (Lipinski definition) is 6. The number of thioether (sulfide) groups is 1. The summed E-state index contributed by atoms with van der Waals surface area (Å²) < 4.78 is 15.9. The molecule has 2 amide bonds. The summed E-state index contributed by atoms with van der Waals surface area (Å²) in [4.78, 5) is 26.3. The number of benzene rings is 3. The zero-order valence-electron chi connectivity index (χ0n) is 18.9. The van der Waals surface area contributed by atoms with E-state index in [9.17, 15) is 9.59 Å². The van der Waals surface area contributed by atoms with Crippen LogP contribution < -0.4 is 24.8 Å². The van der Waals surface area contributed by atoms with Crippen LogP contribution in [-0.2, 0) is 4.79 Å². The van der Waals surface area contributed by atoms with E-state index in [4.69, 9.17) is 14.2 Å². The molecule has 0 aromatic heterocycles. The number of carbonyl (C=O) groups excluding carboxylic acids is 2. The van der Waals surface area contributed by atoms with Crippen molar-refractivity contribution in [2.45, 2.75) is 17.1 Å². The third-order valence-corrected chi connectivity index (χ3v) is 5.93. The second kappa shape index (κ2) is 11.3. The first-order valence-electron chi connectivity index (χ1n) is 10.2. The highest BCUT2D eigenvalue weighted by atomic mass is 32.2. The van der Waals surface area contributed by atoms with E-state index in [-0.39, 0.29) is 17.1 Å². The minimum atomic E-state index is -0.340. The van der Waals surface area contributed by atoms with Gasteiger partial charge in [-0.3, -0.25) is 9.59 Å². The number of hydrogen-bond donors (Lipinski definition) is 2. The van der Waals surface area contributed by atoms with Gasteiger partial charge in [0.1, 0.15) is 22.8 Å². The van der Waals surface area contributed by atoms with Crippen LogP contribution in [0.5, 0.6) is 17.2 Å². The molecule has 1 atom stereocenters. The molecule has 33 heavy (non-hydrogen) atoms. The normalized spacial score (nSPS) is 11.3. The summed E-state index contributed by atoms with van der Waals surface area (Å²) in [5, 5.41) is 5.41. The molecule has 0 saturated carbocycles. The van der Waals surface area contributed by atoms with E-state index >= 15 is 0 Å². The van der Waals surface area contributed by atoms with Crippen molar-refractivity contribution in [1.82, 2.24) is 0 Å². The van der Waals surface area contributed by atoms with Crippen molar-refractivity contribution in [2.24, 2.45) is 0 Å². The van der Waals surface area contributed by atoms with E-state index in [2.05, 4.69) is 10.6 Å². The molecule has 172 valence electrons. The Morgan fingerprint density at radius 3 is 1.94 bits per heavy atom. The highest BCUT2D eigenvalue weighted by Crippen LogP contribution is 2.30. The number of ether oxygens (including phenoxy) is 3. The van der Waals surface area contributed by atoms with Gasteiger partial charge in [0.2, 0.25) is 5.91 Å². The third-order valence-electron chi connectivity index (χ3n) is 4.81. The Kier molecular flexibility index (Phi) is 8.21. The number of nitrogens with one attached hydrogen (secondary N) is 2. The van der Waals surface area contributed by atoms with E-state index in [0.29, 0.717) is 34.2 Å². The average molecular weight is 467 g/mol. The number of rotatable bonds is 9. The molecule has 0 heterocycles. The predicted molar refractivity (Wildman–Crippen MR) is 131 cm³/mol. The number of carbonyl (C=O) groups is 2. The number of methoxy groups -OCH3 is 3. The molecule has 8 heteroatoms. The first-order chi connectivity index (χ1) is 16.0. The summed E-state index contributed by atoms with van der Waals surface area (Å²) in [6, 6.07) is 19.7. The summed E-state index contributed by atoms with van der Waals surface area (Å²) in [5.74, 6) is 0.983. The Hall–Kier alpha value is -3.65. The van der Waals surface area contributed by atoms with Crippen molar-refractivity contribution in [3.8, 4) is 17.2 Å². The van der Waals surface area contributed by atoms with Crippen molar-refractivity contribution >= 4 is 35.0 Å².